The summed E-state index contributed by atoms with van der Waals surface area (Å²) >= 11 is 0. The number of hydrogen-bond donors (Lipinski definition) is 15. The molecule has 26 heteroatoms. The van der Waals surface area contributed by atoms with Crippen LogP contribution in [0.1, 0.15) is 44.9 Å². The van der Waals surface area contributed by atoms with Crippen molar-refractivity contribution in [2.75, 3.05) is 39.5 Å². The zero-order valence-electron chi connectivity index (χ0n) is 30.6. The van der Waals surface area contributed by atoms with Crippen LogP contribution in [0.2, 0.25) is 0 Å². The van der Waals surface area contributed by atoms with Crippen molar-refractivity contribution in [1.29, 1.82) is 0 Å². The third-order valence-electron chi connectivity index (χ3n) is 8.17. The van der Waals surface area contributed by atoms with Crippen molar-refractivity contribution in [3.05, 3.63) is 0 Å². The van der Waals surface area contributed by atoms with Crippen LogP contribution in [-0.2, 0) is 38.4 Å². The Morgan fingerprint density at radius 1 is 0.643 bits per heavy atom. The number of carbonyl (C=O) groups excluding carboxylic acids is 7. The van der Waals surface area contributed by atoms with Crippen molar-refractivity contribution in [1.82, 2.24) is 31.5 Å². The Bertz CT molecular complexity index is 1460. The van der Waals surface area contributed by atoms with Gasteiger partial charge in [0.25, 0.3) is 0 Å². The Morgan fingerprint density at radius 3 is 1.48 bits per heavy atom. The molecule has 0 spiro atoms. The molecule has 7 atom stereocenters. The molecule has 1 saturated heterocycles. The lowest BCUT2D eigenvalue weighted by Crippen LogP contribution is -2.61. The van der Waals surface area contributed by atoms with Crippen LogP contribution in [0.5, 0.6) is 0 Å². The fourth-order valence-electron chi connectivity index (χ4n) is 5.27. The van der Waals surface area contributed by atoms with Crippen LogP contribution in [0.25, 0.3) is 0 Å². The third-order valence-corrected chi connectivity index (χ3v) is 8.17. The van der Waals surface area contributed by atoms with Crippen LogP contribution in [0.4, 0.5) is 0 Å². The maximum atomic E-state index is 13.5. The van der Waals surface area contributed by atoms with E-state index in [-0.39, 0.29) is 57.2 Å². The number of rotatable bonds is 25. The van der Waals surface area contributed by atoms with E-state index in [1.54, 1.807) is 0 Å². The lowest BCUT2D eigenvalue weighted by atomic mass is 10.1. The number of nitrogens with zero attached hydrogens (tertiary/aromatic N) is 3. The van der Waals surface area contributed by atoms with Crippen molar-refractivity contribution < 1.29 is 58.8 Å². The minimum atomic E-state index is -1.84. The Morgan fingerprint density at radius 2 is 1.07 bits per heavy atom. The molecule has 0 aromatic rings. The largest absolute Gasteiger partial charge is 0.480 e. The molecule has 1 rings (SSSR count). The number of aliphatic hydroxyl groups is 3. The van der Waals surface area contributed by atoms with Crippen molar-refractivity contribution in [2.45, 2.75) is 87.2 Å². The van der Waals surface area contributed by atoms with Crippen LogP contribution in [0.15, 0.2) is 9.98 Å². The van der Waals surface area contributed by atoms with E-state index in [0.717, 1.165) is 0 Å². The highest BCUT2D eigenvalue weighted by Crippen LogP contribution is 2.20. The molecule has 0 unspecified atom stereocenters. The summed E-state index contributed by atoms with van der Waals surface area (Å²) in [5.74, 6) is -8.96. The molecule has 7 amide bonds. The van der Waals surface area contributed by atoms with Gasteiger partial charge in [-0.1, -0.05) is 0 Å². The Labute approximate surface area is 320 Å². The summed E-state index contributed by atoms with van der Waals surface area (Å²) in [5.41, 5.74) is 32.4. The van der Waals surface area contributed by atoms with E-state index < -0.39 is 116 Å². The van der Waals surface area contributed by atoms with E-state index in [9.17, 15) is 58.8 Å². The number of primary amides is 1. The number of carbonyl (C=O) groups is 8. The number of amides is 7. The number of carboxylic acids is 1. The molecule has 0 radical (unpaired) electrons. The summed E-state index contributed by atoms with van der Waals surface area (Å²) in [6, 6.07) is -10.6. The lowest BCUT2D eigenvalue weighted by molar-refractivity contribution is -0.144. The van der Waals surface area contributed by atoms with Gasteiger partial charge in [-0.25, -0.2) is 4.79 Å². The predicted octanol–water partition coefficient (Wildman–Crippen LogP) is -9.23. The fourth-order valence-corrected chi connectivity index (χ4v) is 5.27. The van der Waals surface area contributed by atoms with Gasteiger partial charge in [-0.3, -0.25) is 43.5 Å². The van der Waals surface area contributed by atoms with Gasteiger partial charge < -0.3 is 86.3 Å². The van der Waals surface area contributed by atoms with Crippen molar-refractivity contribution in [2.24, 2.45) is 44.4 Å². The number of guanidine groups is 2. The monoisotopic (exact) mass is 802 g/mol. The highest BCUT2D eigenvalue weighted by Gasteiger charge is 2.38. The van der Waals surface area contributed by atoms with Crippen molar-refractivity contribution in [3.63, 3.8) is 0 Å². The third kappa shape index (κ3) is 16.7. The van der Waals surface area contributed by atoms with E-state index in [4.69, 9.17) is 34.4 Å². The van der Waals surface area contributed by atoms with Gasteiger partial charge in [-0.05, 0) is 38.5 Å². The Kier molecular flexibility index (Phi) is 21.1. The van der Waals surface area contributed by atoms with Crippen LogP contribution in [0, 0.1) is 0 Å². The van der Waals surface area contributed by atoms with Gasteiger partial charge in [-0.15, -0.1) is 0 Å². The predicted molar refractivity (Wildman–Crippen MR) is 195 cm³/mol. The molecule has 0 aromatic heterocycles. The van der Waals surface area contributed by atoms with Crippen LogP contribution >= 0.6 is 0 Å². The smallest absolute Gasteiger partial charge is 0.326 e. The fraction of sp³-hybridized carbons (Fsp3) is 0.667. The van der Waals surface area contributed by atoms with E-state index in [1.165, 1.54) is 4.90 Å². The normalized spacial score (nSPS) is 16.7. The van der Waals surface area contributed by atoms with Gasteiger partial charge in [0.2, 0.25) is 41.4 Å². The van der Waals surface area contributed by atoms with Crippen molar-refractivity contribution >= 4 is 59.2 Å². The highest BCUT2D eigenvalue weighted by atomic mass is 16.4. The van der Waals surface area contributed by atoms with Gasteiger partial charge in [0.1, 0.15) is 36.3 Å². The molecule has 1 aliphatic rings. The topological polar surface area (TPSA) is 462 Å². The van der Waals surface area contributed by atoms with E-state index in [2.05, 4.69) is 25.9 Å². The number of aliphatic hydroxyl groups excluding tert-OH is 3. The summed E-state index contributed by atoms with van der Waals surface area (Å²) < 4.78 is 0. The van der Waals surface area contributed by atoms with Crippen LogP contribution in [0.3, 0.4) is 0 Å². The lowest BCUT2D eigenvalue weighted by Gasteiger charge is -2.29. The Hall–Kier alpha value is -5.86. The maximum absolute atomic E-state index is 13.5. The number of hydrogen-bond acceptors (Lipinski definition) is 14. The standard InChI is InChI=1S/C30H54N14O12/c31-14(4-1-7-37-29(33)34)27(54)44-9-3-6-20(44)26(53)39-15(5-2-8-38-30(35)36)22(49)41-18(12-46)24(51)43-19(13-47)25(52)42-17(11-45)23(50)40-16(28(55)56)10-21(32)48/h14-20,45-47H,1-13,31H2,(H2,32,48)(H,39,53)(H,40,50)(H,41,49)(H,42,52)(H,43,51)(H,55,56)(H4,33,34,37)(H4,35,36,38)/t14-,15-,16-,17-,18-,19-,20-/m0/s1. The van der Waals surface area contributed by atoms with E-state index in [1.807, 2.05) is 10.6 Å². The van der Waals surface area contributed by atoms with Gasteiger partial charge in [-0.2, -0.15) is 0 Å². The molecule has 1 fully saturated rings. The van der Waals surface area contributed by atoms with Gasteiger partial charge in [0.05, 0.1) is 32.3 Å². The first kappa shape index (κ1) is 48.2. The van der Waals surface area contributed by atoms with Gasteiger partial charge >= 0.3 is 5.97 Å². The molecule has 26 nitrogen and oxygen atoms in total. The first-order valence-corrected chi connectivity index (χ1v) is 17.4. The second kappa shape index (κ2) is 24.5. The molecule has 0 aromatic carbocycles. The number of nitrogens with two attached hydrogens (primary N) is 6. The number of aliphatic carboxylic acids is 1. The number of nitrogens with one attached hydrogen (secondary N) is 5. The first-order valence-electron chi connectivity index (χ1n) is 17.4. The zero-order chi connectivity index (χ0) is 42.5. The molecular weight excluding hydrogens is 748 g/mol. The molecule has 1 heterocycles. The SMILES string of the molecule is NC(=O)C[C@H](NC(=O)[C@H](CO)NC(=O)[C@H](CO)NC(=O)[C@H](CO)NC(=O)[C@H](CCCN=C(N)N)NC(=O)[C@@H]1CCCN1C(=O)[C@@H](N)CCCN=C(N)N)C(=O)O. The number of likely N-dealkylation sites (tertiary alicyclic amines) is 1. The minimum Gasteiger partial charge on any atom is -0.480 e. The molecule has 0 aliphatic carbocycles. The second-order valence-corrected chi connectivity index (χ2v) is 12.6. The molecule has 316 valence electrons. The van der Waals surface area contributed by atoms with Crippen molar-refractivity contribution in [3.8, 4) is 0 Å². The molecule has 1 aliphatic heterocycles. The molecule has 21 N–H and O–H groups in total. The molecule has 0 saturated carbocycles. The van der Waals surface area contributed by atoms with Gasteiger partial charge in [0, 0.05) is 19.6 Å². The van der Waals surface area contributed by atoms with E-state index >= 15 is 0 Å². The zero-order valence-corrected chi connectivity index (χ0v) is 30.6. The quantitative estimate of drug-likeness (QED) is 0.0231. The molecule has 56 heavy (non-hydrogen) atoms. The summed E-state index contributed by atoms with van der Waals surface area (Å²) in [7, 11) is 0. The van der Waals surface area contributed by atoms with E-state index in [0.29, 0.717) is 12.8 Å². The maximum Gasteiger partial charge on any atom is 0.326 e. The van der Waals surface area contributed by atoms with Crippen LogP contribution < -0.4 is 61.0 Å². The summed E-state index contributed by atoms with van der Waals surface area (Å²) in [6.45, 7) is -2.73. The first-order chi connectivity index (χ1) is 26.4. The number of carboxylic acid groups (broad SMARTS) is 1. The highest BCUT2D eigenvalue weighted by molar-refractivity contribution is 5.97. The van der Waals surface area contributed by atoms with Crippen LogP contribution in [-0.4, -0.2) is 166 Å². The average Bonchev–Trinajstić information content (AvgIpc) is 3.63. The summed E-state index contributed by atoms with van der Waals surface area (Å²) in [6.07, 6.45) is 0.568. The molecular formula is C30H54N14O12. The average molecular weight is 803 g/mol. The second-order valence-electron chi connectivity index (χ2n) is 12.6. The number of aliphatic imine (C=N–C) groups is 2. The summed E-state index contributed by atoms with van der Waals surface area (Å²) in [5, 5.41) is 49.4. The summed E-state index contributed by atoms with van der Waals surface area (Å²) in [4.78, 5) is 110. The van der Waals surface area contributed by atoms with Gasteiger partial charge in [0.15, 0.2) is 11.9 Å². The molecule has 0 bridgehead atoms. The Balaban J connectivity index is 3.05. The minimum absolute atomic E-state index is 0.0386.